The highest BCUT2D eigenvalue weighted by Gasteiger charge is 2.12. The van der Waals surface area contributed by atoms with E-state index in [4.69, 9.17) is 19.6 Å². The highest BCUT2D eigenvalue weighted by Crippen LogP contribution is 2.27. The summed E-state index contributed by atoms with van der Waals surface area (Å²) < 4.78 is 4.76. The van der Waals surface area contributed by atoms with Gasteiger partial charge >= 0.3 is 0 Å². The number of hydrogen-bond acceptors (Lipinski definition) is 4. The van der Waals surface area contributed by atoms with Gasteiger partial charge in [-0.1, -0.05) is 32.1 Å². The molecule has 0 aromatic carbocycles. The maximum absolute atomic E-state index is 8.37. The van der Waals surface area contributed by atoms with Crippen LogP contribution < -0.4 is 0 Å². The molecule has 0 aromatic heterocycles. The standard InChI is InChI=1S/C13H26O4/c14-12-15-9-5-11-17-16-10-4-8-13-6-2-1-3-7-13/h13-14H,1-12H2. The Morgan fingerprint density at radius 2 is 1.59 bits per heavy atom. The molecule has 0 heterocycles. The number of aliphatic hydroxyl groups excluding tert-OH is 1. The van der Waals surface area contributed by atoms with Crippen LogP contribution in [0.25, 0.3) is 0 Å². The lowest BCUT2D eigenvalue weighted by molar-refractivity contribution is -0.296. The van der Waals surface area contributed by atoms with Crippen LogP contribution in [0.1, 0.15) is 51.4 Å². The molecule has 17 heavy (non-hydrogen) atoms. The fraction of sp³-hybridized carbons (Fsp3) is 1.00. The predicted molar refractivity (Wildman–Crippen MR) is 65.4 cm³/mol. The molecule has 0 radical (unpaired) electrons. The van der Waals surface area contributed by atoms with Gasteiger partial charge in [0.15, 0.2) is 0 Å². The van der Waals surface area contributed by atoms with E-state index in [1.165, 1.54) is 38.5 Å². The average Bonchev–Trinajstić information content (AvgIpc) is 2.38. The maximum atomic E-state index is 8.37. The smallest absolute Gasteiger partial charge is 0.143 e. The van der Waals surface area contributed by atoms with Crippen molar-refractivity contribution in [2.45, 2.75) is 51.4 Å². The molecule has 0 amide bonds. The largest absolute Gasteiger partial charge is 0.371 e. The fourth-order valence-corrected chi connectivity index (χ4v) is 2.31. The monoisotopic (exact) mass is 246 g/mol. The van der Waals surface area contributed by atoms with Gasteiger partial charge in [0.2, 0.25) is 0 Å². The number of aliphatic hydroxyl groups is 1. The number of rotatable bonds is 10. The minimum Gasteiger partial charge on any atom is -0.371 e. The lowest BCUT2D eigenvalue weighted by Crippen LogP contribution is -2.08. The predicted octanol–water partition coefficient (Wildman–Crippen LogP) is 2.65. The Labute approximate surface area is 104 Å². The first-order chi connectivity index (χ1) is 8.43. The maximum Gasteiger partial charge on any atom is 0.143 e. The highest BCUT2D eigenvalue weighted by atomic mass is 17.2. The van der Waals surface area contributed by atoms with E-state index in [1.807, 2.05) is 0 Å². The van der Waals surface area contributed by atoms with Crippen LogP contribution >= 0.6 is 0 Å². The van der Waals surface area contributed by atoms with Crippen LogP contribution in [0.3, 0.4) is 0 Å². The molecule has 102 valence electrons. The van der Waals surface area contributed by atoms with E-state index in [1.54, 1.807) is 0 Å². The third-order valence-corrected chi connectivity index (χ3v) is 3.26. The second-order valence-electron chi connectivity index (χ2n) is 4.68. The topological polar surface area (TPSA) is 47.9 Å². The van der Waals surface area contributed by atoms with Gasteiger partial charge in [-0.05, 0) is 25.2 Å². The first-order valence-electron chi connectivity index (χ1n) is 6.86. The van der Waals surface area contributed by atoms with Crippen LogP contribution in [-0.2, 0) is 14.5 Å². The lowest BCUT2D eigenvalue weighted by Gasteiger charge is -2.20. The SMILES string of the molecule is OCOCCCOOCCCC1CCCCC1. The summed E-state index contributed by atoms with van der Waals surface area (Å²) in [5.41, 5.74) is 0. The molecule has 0 aromatic rings. The summed E-state index contributed by atoms with van der Waals surface area (Å²) in [6.07, 6.45) is 10.2. The Balaban J connectivity index is 1.75. The van der Waals surface area contributed by atoms with Crippen molar-refractivity contribution in [2.24, 2.45) is 5.92 Å². The molecule has 4 heteroatoms. The van der Waals surface area contributed by atoms with Gasteiger partial charge in [-0.15, -0.1) is 0 Å². The molecule has 1 N–H and O–H groups in total. The number of ether oxygens (including phenoxy) is 1. The third-order valence-electron chi connectivity index (χ3n) is 3.26. The van der Waals surface area contributed by atoms with Crippen molar-refractivity contribution in [2.75, 3.05) is 26.6 Å². The Morgan fingerprint density at radius 1 is 0.882 bits per heavy atom. The Morgan fingerprint density at radius 3 is 2.29 bits per heavy atom. The summed E-state index contributed by atoms with van der Waals surface area (Å²) in [6.45, 7) is 1.52. The zero-order valence-electron chi connectivity index (χ0n) is 10.7. The summed E-state index contributed by atoms with van der Waals surface area (Å²) in [7, 11) is 0. The minimum absolute atomic E-state index is 0.220. The summed E-state index contributed by atoms with van der Waals surface area (Å²) >= 11 is 0. The average molecular weight is 246 g/mol. The second-order valence-corrected chi connectivity index (χ2v) is 4.68. The van der Waals surface area contributed by atoms with Crippen molar-refractivity contribution in [3.05, 3.63) is 0 Å². The molecule has 0 atom stereocenters. The van der Waals surface area contributed by atoms with E-state index in [-0.39, 0.29) is 6.79 Å². The van der Waals surface area contributed by atoms with Crippen LogP contribution in [0, 0.1) is 5.92 Å². The van der Waals surface area contributed by atoms with Crippen LogP contribution in [0.2, 0.25) is 0 Å². The molecule has 1 aliphatic rings. The normalized spacial score (nSPS) is 17.5. The molecular weight excluding hydrogens is 220 g/mol. The van der Waals surface area contributed by atoms with Crippen LogP contribution in [-0.4, -0.2) is 31.7 Å². The van der Waals surface area contributed by atoms with Gasteiger partial charge in [-0.3, -0.25) is 0 Å². The van der Waals surface area contributed by atoms with Gasteiger partial charge in [0, 0.05) is 0 Å². The van der Waals surface area contributed by atoms with Crippen molar-refractivity contribution in [3.63, 3.8) is 0 Å². The molecule has 1 rings (SSSR count). The van der Waals surface area contributed by atoms with E-state index in [2.05, 4.69) is 0 Å². The zero-order chi connectivity index (χ0) is 12.2. The van der Waals surface area contributed by atoms with E-state index >= 15 is 0 Å². The first-order valence-corrected chi connectivity index (χ1v) is 6.86. The molecule has 1 saturated carbocycles. The van der Waals surface area contributed by atoms with E-state index < -0.39 is 0 Å². The Bertz CT molecular complexity index is 157. The highest BCUT2D eigenvalue weighted by molar-refractivity contribution is 4.65. The second kappa shape index (κ2) is 11.0. The van der Waals surface area contributed by atoms with Gasteiger partial charge in [0.25, 0.3) is 0 Å². The fourth-order valence-electron chi connectivity index (χ4n) is 2.31. The minimum atomic E-state index is -0.220. The first kappa shape index (κ1) is 14.9. The lowest BCUT2D eigenvalue weighted by atomic mass is 9.86. The van der Waals surface area contributed by atoms with Gasteiger partial charge in [-0.2, -0.15) is 0 Å². The van der Waals surface area contributed by atoms with Crippen molar-refractivity contribution in [1.29, 1.82) is 0 Å². The molecular formula is C13H26O4. The van der Waals surface area contributed by atoms with E-state index in [0.717, 1.165) is 18.8 Å². The van der Waals surface area contributed by atoms with Crippen molar-refractivity contribution < 1.29 is 19.6 Å². The van der Waals surface area contributed by atoms with Gasteiger partial charge in [-0.25, -0.2) is 9.78 Å². The van der Waals surface area contributed by atoms with Crippen LogP contribution in [0.4, 0.5) is 0 Å². The van der Waals surface area contributed by atoms with Crippen LogP contribution in [0.5, 0.6) is 0 Å². The van der Waals surface area contributed by atoms with Crippen LogP contribution in [0.15, 0.2) is 0 Å². The van der Waals surface area contributed by atoms with Gasteiger partial charge < -0.3 is 9.84 Å². The summed E-state index contributed by atoms with van der Waals surface area (Å²) in [5, 5.41) is 8.37. The van der Waals surface area contributed by atoms with E-state index in [0.29, 0.717) is 19.8 Å². The summed E-state index contributed by atoms with van der Waals surface area (Å²) in [4.78, 5) is 10.1. The molecule has 0 unspecified atom stereocenters. The molecule has 0 bridgehead atoms. The summed E-state index contributed by atoms with van der Waals surface area (Å²) in [5.74, 6) is 0.922. The van der Waals surface area contributed by atoms with Crippen molar-refractivity contribution >= 4 is 0 Å². The van der Waals surface area contributed by atoms with E-state index in [9.17, 15) is 0 Å². The Hall–Kier alpha value is -0.160. The third kappa shape index (κ3) is 8.55. The molecule has 0 saturated heterocycles. The molecule has 1 aliphatic carbocycles. The Kier molecular flexibility index (Phi) is 9.61. The van der Waals surface area contributed by atoms with Gasteiger partial charge in [0.05, 0.1) is 19.8 Å². The molecule has 0 spiro atoms. The molecule has 4 nitrogen and oxygen atoms in total. The van der Waals surface area contributed by atoms with Gasteiger partial charge in [0.1, 0.15) is 6.79 Å². The van der Waals surface area contributed by atoms with Crippen molar-refractivity contribution in [3.8, 4) is 0 Å². The quantitative estimate of drug-likeness (QED) is 0.279. The molecule has 0 aliphatic heterocycles. The zero-order valence-corrected chi connectivity index (χ0v) is 10.7. The van der Waals surface area contributed by atoms with Crippen molar-refractivity contribution in [1.82, 2.24) is 0 Å². The number of hydrogen-bond donors (Lipinski definition) is 1. The molecule has 1 fully saturated rings. The summed E-state index contributed by atoms with van der Waals surface area (Å²) in [6, 6.07) is 0.